The average Bonchev–Trinajstić information content (AvgIpc) is 2.68. The topological polar surface area (TPSA) is 38.8 Å². The van der Waals surface area contributed by atoms with Crippen LogP contribution in [0, 0.1) is 0 Å². The third-order valence-electron chi connectivity index (χ3n) is 4.84. The van der Waals surface area contributed by atoms with Crippen LogP contribution < -0.4 is 4.74 Å². The molecule has 2 aromatic rings. The summed E-state index contributed by atoms with van der Waals surface area (Å²) in [5, 5.41) is 0. The van der Waals surface area contributed by atoms with E-state index in [2.05, 4.69) is 20.8 Å². The van der Waals surface area contributed by atoms with Gasteiger partial charge >= 0.3 is 0 Å². The molecule has 4 nitrogen and oxygen atoms in total. The quantitative estimate of drug-likeness (QED) is 0.713. The molecule has 2 aliphatic rings. The molecule has 0 N–H and O–H groups in total. The number of nitrogens with zero attached hydrogens (tertiary/aromatic N) is 1. The van der Waals surface area contributed by atoms with Gasteiger partial charge in [-0.25, -0.2) is 0 Å². The van der Waals surface area contributed by atoms with Crippen LogP contribution in [0.1, 0.15) is 17.0 Å². The van der Waals surface area contributed by atoms with Crippen LogP contribution in [0.15, 0.2) is 58.8 Å². The second-order valence-corrected chi connectivity index (χ2v) is 7.41. The van der Waals surface area contributed by atoms with Gasteiger partial charge in [0.2, 0.25) is 0 Å². The Kier molecular flexibility index (Phi) is 5.20. The van der Waals surface area contributed by atoms with Gasteiger partial charge in [-0.15, -0.1) is 0 Å². The minimum atomic E-state index is -0.338. The summed E-state index contributed by atoms with van der Waals surface area (Å²) in [6, 6.07) is 15.9. The number of carbonyl (C=O) groups is 1. The summed E-state index contributed by atoms with van der Waals surface area (Å²) in [6.07, 6.45) is 1.02. The zero-order valence-electron chi connectivity index (χ0n) is 14.4. The lowest BCUT2D eigenvalue weighted by atomic mass is 9.84. The Morgan fingerprint density at radius 2 is 1.88 bits per heavy atom. The molecule has 0 amide bonds. The zero-order valence-corrected chi connectivity index (χ0v) is 15.9. The van der Waals surface area contributed by atoms with Crippen molar-refractivity contribution in [3.63, 3.8) is 0 Å². The number of morpholine rings is 1. The third-order valence-corrected chi connectivity index (χ3v) is 5.34. The first-order valence-corrected chi connectivity index (χ1v) is 9.56. The molecule has 0 aromatic heterocycles. The first-order valence-electron chi connectivity index (χ1n) is 8.77. The Balaban J connectivity index is 1.80. The van der Waals surface area contributed by atoms with Gasteiger partial charge in [0.05, 0.1) is 25.7 Å². The fourth-order valence-electron chi connectivity index (χ4n) is 3.55. The molecule has 0 bridgehead atoms. The molecular weight excluding hydrogens is 394 g/mol. The monoisotopic (exact) mass is 413 g/mol. The normalized spacial score (nSPS) is 20.4. The highest BCUT2D eigenvalue weighted by Gasteiger charge is 2.31. The maximum absolute atomic E-state index is 12.1. The molecule has 2 heterocycles. The molecule has 134 valence electrons. The van der Waals surface area contributed by atoms with Crippen molar-refractivity contribution in [2.24, 2.45) is 0 Å². The van der Waals surface area contributed by atoms with Crippen molar-refractivity contribution >= 4 is 27.8 Å². The predicted molar refractivity (Wildman–Crippen MR) is 104 cm³/mol. The van der Waals surface area contributed by atoms with Crippen molar-refractivity contribution in [3.05, 3.63) is 69.9 Å². The van der Waals surface area contributed by atoms with Crippen molar-refractivity contribution < 1.29 is 14.3 Å². The van der Waals surface area contributed by atoms with Crippen LogP contribution in [0.3, 0.4) is 0 Å². The van der Waals surface area contributed by atoms with E-state index in [0.717, 1.165) is 65.3 Å². The van der Waals surface area contributed by atoms with Gasteiger partial charge in [0, 0.05) is 28.7 Å². The molecule has 0 aliphatic carbocycles. The van der Waals surface area contributed by atoms with Crippen LogP contribution in [0.5, 0.6) is 5.75 Å². The fourth-order valence-corrected chi connectivity index (χ4v) is 3.93. The summed E-state index contributed by atoms with van der Waals surface area (Å²) in [4.78, 5) is 14.4. The number of benzene rings is 2. The van der Waals surface area contributed by atoms with Gasteiger partial charge in [-0.1, -0.05) is 46.3 Å². The Morgan fingerprint density at radius 3 is 2.62 bits per heavy atom. The number of aldehydes is 1. The van der Waals surface area contributed by atoms with Crippen LogP contribution in [0.4, 0.5) is 0 Å². The fraction of sp³-hybridized carbons (Fsp3) is 0.286. The van der Waals surface area contributed by atoms with E-state index in [9.17, 15) is 4.79 Å². The van der Waals surface area contributed by atoms with E-state index in [1.807, 2.05) is 48.5 Å². The number of rotatable bonds is 4. The SMILES string of the molecule is O=CC1C(c2ccccc2)=C(CN2CCOCC2)Oc2ccc(Br)cc21. The zero-order chi connectivity index (χ0) is 17.9. The summed E-state index contributed by atoms with van der Waals surface area (Å²) in [7, 11) is 0. The third kappa shape index (κ3) is 3.47. The van der Waals surface area contributed by atoms with Gasteiger partial charge in [0.25, 0.3) is 0 Å². The lowest BCUT2D eigenvalue weighted by Gasteiger charge is -2.33. The minimum absolute atomic E-state index is 0.338. The Morgan fingerprint density at radius 1 is 1.12 bits per heavy atom. The number of allylic oxidation sites excluding steroid dienone is 1. The second kappa shape index (κ2) is 7.74. The molecule has 26 heavy (non-hydrogen) atoms. The van der Waals surface area contributed by atoms with E-state index in [1.165, 1.54) is 0 Å². The summed E-state index contributed by atoms with van der Waals surface area (Å²) in [6.45, 7) is 3.87. The Hall–Kier alpha value is -1.95. The summed E-state index contributed by atoms with van der Waals surface area (Å²) < 4.78 is 12.7. The van der Waals surface area contributed by atoms with Gasteiger partial charge in [-0.3, -0.25) is 4.90 Å². The first kappa shape index (κ1) is 17.5. The highest BCUT2D eigenvalue weighted by molar-refractivity contribution is 9.10. The van der Waals surface area contributed by atoms with Crippen LogP contribution in [0.25, 0.3) is 5.57 Å². The van der Waals surface area contributed by atoms with Crippen molar-refractivity contribution in [1.29, 1.82) is 0 Å². The highest BCUT2D eigenvalue weighted by atomic mass is 79.9. The van der Waals surface area contributed by atoms with Crippen LogP contribution in [-0.4, -0.2) is 44.0 Å². The average molecular weight is 414 g/mol. The van der Waals surface area contributed by atoms with Crippen LogP contribution >= 0.6 is 15.9 Å². The van der Waals surface area contributed by atoms with Crippen molar-refractivity contribution in [2.75, 3.05) is 32.8 Å². The largest absolute Gasteiger partial charge is 0.460 e. The van der Waals surface area contributed by atoms with E-state index >= 15 is 0 Å². The van der Waals surface area contributed by atoms with Gasteiger partial charge < -0.3 is 14.3 Å². The van der Waals surface area contributed by atoms with Crippen LogP contribution in [-0.2, 0) is 9.53 Å². The van der Waals surface area contributed by atoms with Gasteiger partial charge in [0.1, 0.15) is 17.8 Å². The molecule has 1 saturated heterocycles. The molecule has 1 unspecified atom stereocenters. The molecule has 1 fully saturated rings. The minimum Gasteiger partial charge on any atom is -0.460 e. The number of ether oxygens (including phenoxy) is 2. The van der Waals surface area contributed by atoms with Gasteiger partial charge in [0.15, 0.2) is 0 Å². The molecule has 2 aliphatic heterocycles. The highest BCUT2D eigenvalue weighted by Crippen LogP contribution is 2.44. The smallest absolute Gasteiger partial charge is 0.132 e. The molecule has 4 rings (SSSR count). The molecule has 0 saturated carbocycles. The maximum Gasteiger partial charge on any atom is 0.132 e. The molecule has 5 heteroatoms. The number of halogens is 1. The number of hydrogen-bond acceptors (Lipinski definition) is 4. The lowest BCUT2D eigenvalue weighted by molar-refractivity contribution is -0.108. The van der Waals surface area contributed by atoms with Crippen molar-refractivity contribution in [1.82, 2.24) is 4.90 Å². The number of fused-ring (bicyclic) bond motifs is 1. The van der Waals surface area contributed by atoms with E-state index in [4.69, 9.17) is 9.47 Å². The molecule has 0 radical (unpaired) electrons. The number of hydrogen-bond donors (Lipinski definition) is 0. The van der Waals surface area contributed by atoms with E-state index < -0.39 is 0 Å². The summed E-state index contributed by atoms with van der Waals surface area (Å²) >= 11 is 3.51. The number of carbonyl (C=O) groups excluding carboxylic acids is 1. The van der Waals surface area contributed by atoms with Gasteiger partial charge in [-0.05, 0) is 23.8 Å². The first-order chi connectivity index (χ1) is 12.8. The van der Waals surface area contributed by atoms with Crippen molar-refractivity contribution in [3.8, 4) is 5.75 Å². The standard InChI is InChI=1S/C21H20BrNO3/c22-16-6-7-19-17(12-16)18(14-24)21(15-4-2-1-3-5-15)20(26-19)13-23-8-10-25-11-9-23/h1-7,12,14,18H,8-11,13H2. The second-order valence-electron chi connectivity index (χ2n) is 6.49. The van der Waals surface area contributed by atoms with E-state index in [-0.39, 0.29) is 5.92 Å². The van der Waals surface area contributed by atoms with Crippen molar-refractivity contribution in [2.45, 2.75) is 5.92 Å². The predicted octanol–water partition coefficient (Wildman–Crippen LogP) is 3.87. The molecule has 2 aromatic carbocycles. The van der Waals surface area contributed by atoms with E-state index in [1.54, 1.807) is 0 Å². The van der Waals surface area contributed by atoms with E-state index in [0.29, 0.717) is 6.54 Å². The van der Waals surface area contributed by atoms with Gasteiger partial charge in [-0.2, -0.15) is 0 Å². The van der Waals surface area contributed by atoms with Crippen LogP contribution in [0.2, 0.25) is 0 Å². The molecule has 0 spiro atoms. The molecule has 1 atom stereocenters. The Labute approximate surface area is 161 Å². The lowest BCUT2D eigenvalue weighted by Crippen LogP contribution is -2.39. The summed E-state index contributed by atoms with van der Waals surface area (Å²) in [5.41, 5.74) is 2.88. The summed E-state index contributed by atoms with van der Waals surface area (Å²) in [5.74, 6) is 1.27. The maximum atomic E-state index is 12.1. The molecular formula is C21H20BrNO3. The Bertz CT molecular complexity index is 828.